The molecule has 3 aromatic rings. The van der Waals surface area contributed by atoms with E-state index in [9.17, 15) is 4.79 Å². The van der Waals surface area contributed by atoms with Crippen LogP contribution in [0.4, 0.5) is 0 Å². The molecule has 0 spiro atoms. The highest BCUT2D eigenvalue weighted by atomic mass is 16.5. The Labute approximate surface area is 145 Å². The van der Waals surface area contributed by atoms with Gasteiger partial charge in [-0.25, -0.2) is 4.79 Å². The van der Waals surface area contributed by atoms with Gasteiger partial charge < -0.3 is 9.47 Å². The Morgan fingerprint density at radius 3 is 2.40 bits per heavy atom. The predicted octanol–water partition coefficient (Wildman–Crippen LogP) is 3.82. The molecule has 0 unspecified atom stereocenters. The lowest BCUT2D eigenvalue weighted by molar-refractivity contribution is 0.0514. The van der Waals surface area contributed by atoms with Crippen LogP contribution in [-0.4, -0.2) is 27.8 Å². The van der Waals surface area contributed by atoms with Crippen LogP contribution in [0, 0.1) is 6.92 Å². The third kappa shape index (κ3) is 3.98. The smallest absolute Gasteiger partial charge is 0.364 e. The second kappa shape index (κ2) is 7.53. The Morgan fingerprint density at radius 1 is 1.00 bits per heavy atom. The molecule has 0 fully saturated rings. The van der Waals surface area contributed by atoms with Gasteiger partial charge in [0.15, 0.2) is 5.82 Å². The average molecular weight is 335 g/mol. The molecule has 0 atom stereocenters. The first-order valence-corrected chi connectivity index (χ1v) is 7.89. The molecule has 3 rings (SSSR count). The van der Waals surface area contributed by atoms with Crippen LogP contribution in [0.25, 0.3) is 11.4 Å². The first-order chi connectivity index (χ1) is 12.2. The van der Waals surface area contributed by atoms with Crippen LogP contribution in [0.2, 0.25) is 0 Å². The van der Waals surface area contributed by atoms with Crippen LogP contribution < -0.4 is 4.74 Å². The Hall–Kier alpha value is -3.28. The second-order valence-electron chi connectivity index (χ2n) is 5.29. The highest BCUT2D eigenvalue weighted by Gasteiger charge is 2.20. The SMILES string of the molecule is CCOC(=O)c1nnc(-c2ccccc2)nc1Oc1ccc(C)cc1. The largest absolute Gasteiger partial charge is 0.461 e. The van der Waals surface area contributed by atoms with Crippen LogP contribution in [0.1, 0.15) is 23.0 Å². The van der Waals surface area contributed by atoms with Crippen molar-refractivity contribution in [1.29, 1.82) is 0 Å². The van der Waals surface area contributed by atoms with E-state index in [1.54, 1.807) is 19.1 Å². The molecule has 0 radical (unpaired) electrons. The summed E-state index contributed by atoms with van der Waals surface area (Å²) >= 11 is 0. The van der Waals surface area contributed by atoms with Crippen molar-refractivity contribution in [2.75, 3.05) is 6.61 Å². The minimum Gasteiger partial charge on any atom is -0.461 e. The van der Waals surface area contributed by atoms with Gasteiger partial charge in [0.1, 0.15) is 5.75 Å². The van der Waals surface area contributed by atoms with Crippen molar-refractivity contribution in [1.82, 2.24) is 15.2 Å². The summed E-state index contributed by atoms with van der Waals surface area (Å²) in [6, 6.07) is 16.8. The molecule has 1 aromatic heterocycles. The molecular formula is C19H17N3O3. The summed E-state index contributed by atoms with van der Waals surface area (Å²) in [6.45, 7) is 3.93. The number of rotatable bonds is 5. The number of aromatic nitrogens is 3. The van der Waals surface area contributed by atoms with Gasteiger partial charge >= 0.3 is 5.97 Å². The predicted molar refractivity (Wildman–Crippen MR) is 92.5 cm³/mol. The molecule has 0 aliphatic heterocycles. The fraction of sp³-hybridized carbons (Fsp3) is 0.158. The quantitative estimate of drug-likeness (QED) is 0.660. The Kier molecular flexibility index (Phi) is 4.99. The Balaban J connectivity index is 2.01. The second-order valence-corrected chi connectivity index (χ2v) is 5.29. The molecule has 0 aliphatic rings. The molecule has 2 aromatic carbocycles. The molecule has 25 heavy (non-hydrogen) atoms. The molecular weight excluding hydrogens is 318 g/mol. The first-order valence-electron chi connectivity index (χ1n) is 7.89. The summed E-state index contributed by atoms with van der Waals surface area (Å²) in [7, 11) is 0. The molecule has 0 saturated heterocycles. The summed E-state index contributed by atoms with van der Waals surface area (Å²) < 4.78 is 10.8. The monoisotopic (exact) mass is 335 g/mol. The van der Waals surface area contributed by atoms with Gasteiger partial charge in [-0.05, 0) is 26.0 Å². The van der Waals surface area contributed by atoms with E-state index in [0.717, 1.165) is 11.1 Å². The van der Waals surface area contributed by atoms with E-state index >= 15 is 0 Å². The topological polar surface area (TPSA) is 74.2 Å². The number of hydrogen-bond donors (Lipinski definition) is 0. The molecule has 0 aliphatic carbocycles. The van der Waals surface area contributed by atoms with E-state index < -0.39 is 5.97 Å². The van der Waals surface area contributed by atoms with Crippen LogP contribution in [0.15, 0.2) is 54.6 Å². The van der Waals surface area contributed by atoms with Crippen molar-refractivity contribution in [3.63, 3.8) is 0 Å². The lowest BCUT2D eigenvalue weighted by Gasteiger charge is -2.10. The molecule has 6 nitrogen and oxygen atoms in total. The standard InChI is InChI=1S/C19H17N3O3/c1-3-24-19(23)16-18(25-15-11-9-13(2)10-12-15)20-17(22-21-16)14-7-5-4-6-8-14/h4-12H,3H2,1-2H3. The van der Waals surface area contributed by atoms with Crippen molar-refractivity contribution >= 4 is 5.97 Å². The number of hydrogen-bond acceptors (Lipinski definition) is 6. The fourth-order valence-corrected chi connectivity index (χ4v) is 2.14. The average Bonchev–Trinajstić information content (AvgIpc) is 2.64. The van der Waals surface area contributed by atoms with Gasteiger partial charge in [0.25, 0.3) is 5.88 Å². The van der Waals surface area contributed by atoms with E-state index in [2.05, 4.69) is 15.2 Å². The van der Waals surface area contributed by atoms with Gasteiger partial charge in [-0.3, -0.25) is 0 Å². The molecule has 6 heteroatoms. The van der Waals surface area contributed by atoms with Gasteiger partial charge in [0.2, 0.25) is 5.69 Å². The summed E-state index contributed by atoms with van der Waals surface area (Å²) in [6.07, 6.45) is 0. The van der Waals surface area contributed by atoms with Crippen molar-refractivity contribution in [2.45, 2.75) is 13.8 Å². The molecule has 126 valence electrons. The minimum atomic E-state index is -0.621. The highest BCUT2D eigenvalue weighted by Crippen LogP contribution is 2.25. The fourth-order valence-electron chi connectivity index (χ4n) is 2.14. The van der Waals surface area contributed by atoms with Gasteiger partial charge in [-0.15, -0.1) is 10.2 Å². The number of nitrogens with zero attached hydrogens (tertiary/aromatic N) is 3. The van der Waals surface area contributed by atoms with Crippen molar-refractivity contribution in [3.8, 4) is 23.0 Å². The summed E-state index contributed by atoms with van der Waals surface area (Å²) in [5.41, 5.74) is 1.82. The molecule has 0 bridgehead atoms. The third-order valence-corrected chi connectivity index (χ3v) is 3.39. The number of aryl methyl sites for hydroxylation is 1. The zero-order valence-electron chi connectivity index (χ0n) is 14.0. The third-order valence-electron chi connectivity index (χ3n) is 3.39. The van der Waals surface area contributed by atoms with E-state index in [1.165, 1.54) is 0 Å². The van der Waals surface area contributed by atoms with Crippen LogP contribution in [0.3, 0.4) is 0 Å². The number of benzene rings is 2. The van der Waals surface area contributed by atoms with E-state index in [-0.39, 0.29) is 18.2 Å². The van der Waals surface area contributed by atoms with Gasteiger partial charge in [0, 0.05) is 5.56 Å². The number of carbonyl (C=O) groups is 1. The molecule has 0 saturated carbocycles. The van der Waals surface area contributed by atoms with Gasteiger partial charge in [-0.1, -0.05) is 48.0 Å². The van der Waals surface area contributed by atoms with E-state index in [0.29, 0.717) is 11.6 Å². The minimum absolute atomic E-state index is 0.0536. The zero-order valence-corrected chi connectivity index (χ0v) is 14.0. The summed E-state index contributed by atoms with van der Waals surface area (Å²) in [5, 5.41) is 8.00. The number of esters is 1. The summed E-state index contributed by atoms with van der Waals surface area (Å²) in [4.78, 5) is 16.5. The van der Waals surface area contributed by atoms with Crippen LogP contribution >= 0.6 is 0 Å². The maximum absolute atomic E-state index is 12.1. The highest BCUT2D eigenvalue weighted by molar-refractivity contribution is 5.89. The Morgan fingerprint density at radius 2 is 1.72 bits per heavy atom. The normalized spacial score (nSPS) is 10.3. The number of ether oxygens (including phenoxy) is 2. The summed E-state index contributed by atoms with van der Waals surface area (Å²) in [5.74, 6) is 0.367. The first kappa shape index (κ1) is 16.6. The van der Waals surface area contributed by atoms with E-state index in [4.69, 9.17) is 9.47 Å². The number of carbonyl (C=O) groups excluding carboxylic acids is 1. The van der Waals surface area contributed by atoms with Crippen LogP contribution in [0.5, 0.6) is 11.6 Å². The molecule has 1 heterocycles. The maximum atomic E-state index is 12.1. The van der Waals surface area contributed by atoms with Crippen molar-refractivity contribution < 1.29 is 14.3 Å². The zero-order chi connectivity index (χ0) is 17.6. The van der Waals surface area contributed by atoms with Crippen LogP contribution in [-0.2, 0) is 4.74 Å². The van der Waals surface area contributed by atoms with Gasteiger partial charge in [0.05, 0.1) is 6.61 Å². The van der Waals surface area contributed by atoms with Gasteiger partial charge in [-0.2, -0.15) is 4.98 Å². The maximum Gasteiger partial charge on any atom is 0.364 e. The molecule has 0 amide bonds. The van der Waals surface area contributed by atoms with Crippen molar-refractivity contribution in [2.24, 2.45) is 0 Å². The van der Waals surface area contributed by atoms with E-state index in [1.807, 2.05) is 49.4 Å². The lowest BCUT2D eigenvalue weighted by Crippen LogP contribution is -2.12. The lowest BCUT2D eigenvalue weighted by atomic mass is 10.2. The van der Waals surface area contributed by atoms with Crippen molar-refractivity contribution in [3.05, 3.63) is 65.9 Å². The molecule has 0 N–H and O–H groups in total. The Bertz CT molecular complexity index is 865.